The van der Waals surface area contributed by atoms with Gasteiger partial charge in [0.1, 0.15) is 17.5 Å². The van der Waals surface area contributed by atoms with E-state index in [9.17, 15) is 13.9 Å². The molecule has 36 heavy (non-hydrogen) atoms. The number of benzene rings is 1. The summed E-state index contributed by atoms with van der Waals surface area (Å²) in [6, 6.07) is 7.06. The van der Waals surface area contributed by atoms with Crippen molar-refractivity contribution in [2.45, 2.75) is 69.2 Å². The number of methoxy groups -OCH3 is 1. The Hall–Kier alpha value is -2.33. The lowest BCUT2D eigenvalue weighted by Gasteiger charge is -2.32. The van der Waals surface area contributed by atoms with E-state index in [0.29, 0.717) is 62.8 Å². The zero-order valence-corrected chi connectivity index (χ0v) is 21.2. The average Bonchev–Trinajstić information content (AvgIpc) is 2.87. The molecule has 2 aromatic rings. The Balaban J connectivity index is 1.40. The van der Waals surface area contributed by atoms with Gasteiger partial charge in [0.05, 0.1) is 18.4 Å². The topological polar surface area (TPSA) is 87.7 Å². The van der Waals surface area contributed by atoms with E-state index in [0.717, 1.165) is 31.9 Å². The third kappa shape index (κ3) is 7.12. The summed E-state index contributed by atoms with van der Waals surface area (Å²) in [7, 11) is 1.71. The SMILES string of the molecule is COC[C@H](C)N[C@H]1CC[C@H](Nc2cc(-c3cc(NCC4(O)CCOCC4)ccc3F)c(F)cn2)CC1. The summed E-state index contributed by atoms with van der Waals surface area (Å²) in [5, 5.41) is 20.9. The van der Waals surface area contributed by atoms with Gasteiger partial charge in [0.15, 0.2) is 0 Å². The summed E-state index contributed by atoms with van der Waals surface area (Å²) < 4.78 is 40.1. The van der Waals surface area contributed by atoms with E-state index in [-0.39, 0.29) is 17.2 Å². The van der Waals surface area contributed by atoms with Gasteiger partial charge in [0, 0.05) is 74.6 Å². The summed E-state index contributed by atoms with van der Waals surface area (Å²) in [5.41, 5.74) is 0.0528. The highest BCUT2D eigenvalue weighted by molar-refractivity contribution is 5.71. The zero-order chi connectivity index (χ0) is 25.5. The van der Waals surface area contributed by atoms with Gasteiger partial charge in [-0.1, -0.05) is 0 Å². The number of nitrogens with one attached hydrogen (secondary N) is 3. The Labute approximate surface area is 212 Å². The lowest BCUT2D eigenvalue weighted by Crippen LogP contribution is -2.42. The molecule has 4 N–H and O–H groups in total. The van der Waals surface area contributed by atoms with Crippen molar-refractivity contribution in [1.29, 1.82) is 0 Å². The van der Waals surface area contributed by atoms with Crippen molar-refractivity contribution < 1.29 is 23.4 Å². The Morgan fingerprint density at radius 3 is 2.50 bits per heavy atom. The molecule has 7 nitrogen and oxygen atoms in total. The number of ether oxygens (including phenoxy) is 2. The van der Waals surface area contributed by atoms with Crippen LogP contribution in [0, 0.1) is 11.6 Å². The monoisotopic (exact) mass is 504 g/mol. The van der Waals surface area contributed by atoms with Crippen molar-refractivity contribution in [1.82, 2.24) is 10.3 Å². The third-order valence-corrected chi connectivity index (χ3v) is 7.17. The standard InChI is InChI=1S/C27H38F2N4O3/c1-18(16-35-2)32-19-3-5-20(6-4-19)33-26-14-23(25(29)15-30-26)22-13-21(7-8-24(22)28)31-17-27(34)9-11-36-12-10-27/h7-8,13-15,18-20,31-32,34H,3-6,9-12,16-17H2,1-2H3,(H,30,33)/t18-,19-,20-/m0/s1. The minimum absolute atomic E-state index is 0.155. The summed E-state index contributed by atoms with van der Waals surface area (Å²) in [5.74, 6) is -0.567. The van der Waals surface area contributed by atoms with E-state index in [2.05, 4.69) is 27.9 Å². The summed E-state index contributed by atoms with van der Waals surface area (Å²) in [4.78, 5) is 4.21. The highest BCUT2D eigenvalue weighted by atomic mass is 19.1. The van der Waals surface area contributed by atoms with E-state index >= 15 is 0 Å². The van der Waals surface area contributed by atoms with Crippen molar-refractivity contribution >= 4 is 11.5 Å². The zero-order valence-electron chi connectivity index (χ0n) is 21.2. The molecule has 2 aliphatic rings. The van der Waals surface area contributed by atoms with Crippen LogP contribution in [0.3, 0.4) is 0 Å². The Kier molecular flexibility index (Phi) is 9.11. The molecule has 1 aromatic heterocycles. The maximum Gasteiger partial charge on any atom is 0.149 e. The number of aromatic nitrogens is 1. The maximum absolute atomic E-state index is 14.8. The second-order valence-corrected chi connectivity index (χ2v) is 10.2. The molecule has 0 radical (unpaired) electrons. The van der Waals surface area contributed by atoms with Crippen LogP contribution < -0.4 is 16.0 Å². The van der Waals surface area contributed by atoms with Gasteiger partial charge in [-0.3, -0.25) is 0 Å². The molecule has 4 rings (SSSR count). The molecule has 2 fully saturated rings. The van der Waals surface area contributed by atoms with E-state index in [1.54, 1.807) is 25.3 Å². The number of pyridine rings is 1. The van der Waals surface area contributed by atoms with Crippen molar-refractivity contribution in [3.8, 4) is 11.1 Å². The van der Waals surface area contributed by atoms with Crippen LogP contribution in [0.25, 0.3) is 11.1 Å². The molecule has 1 saturated heterocycles. The van der Waals surface area contributed by atoms with Crippen molar-refractivity contribution in [3.05, 3.63) is 42.1 Å². The summed E-state index contributed by atoms with van der Waals surface area (Å²) >= 11 is 0. The van der Waals surface area contributed by atoms with Crippen LogP contribution in [0.1, 0.15) is 45.4 Å². The number of hydrogen-bond donors (Lipinski definition) is 4. The van der Waals surface area contributed by atoms with Crippen molar-refractivity contribution in [2.75, 3.05) is 44.1 Å². The number of anilines is 2. The Bertz CT molecular complexity index is 995. The molecular formula is C27H38F2N4O3. The van der Waals surface area contributed by atoms with Crippen LogP contribution in [0.5, 0.6) is 0 Å². The fourth-order valence-corrected chi connectivity index (χ4v) is 5.07. The number of halogens is 2. The third-order valence-electron chi connectivity index (χ3n) is 7.17. The second-order valence-electron chi connectivity index (χ2n) is 10.2. The summed E-state index contributed by atoms with van der Waals surface area (Å²) in [6.45, 7) is 4.14. The van der Waals surface area contributed by atoms with Crippen molar-refractivity contribution in [2.24, 2.45) is 0 Å². The van der Waals surface area contributed by atoms with Crippen LogP contribution in [0.15, 0.2) is 30.5 Å². The second kappa shape index (κ2) is 12.3. The van der Waals surface area contributed by atoms with Crippen LogP contribution in [0.2, 0.25) is 0 Å². The van der Waals surface area contributed by atoms with Crippen LogP contribution in [-0.2, 0) is 9.47 Å². The molecule has 0 bridgehead atoms. The largest absolute Gasteiger partial charge is 0.388 e. The molecule has 0 spiro atoms. The molecule has 1 aliphatic carbocycles. The number of nitrogens with zero attached hydrogens (tertiary/aromatic N) is 1. The van der Waals surface area contributed by atoms with Crippen molar-refractivity contribution in [3.63, 3.8) is 0 Å². The first-order valence-corrected chi connectivity index (χ1v) is 12.9. The average molecular weight is 505 g/mol. The van der Waals surface area contributed by atoms with Gasteiger partial charge in [0.2, 0.25) is 0 Å². The fraction of sp³-hybridized carbons (Fsp3) is 0.593. The van der Waals surface area contributed by atoms with Gasteiger partial charge in [0.25, 0.3) is 0 Å². The molecule has 1 saturated carbocycles. The van der Waals surface area contributed by atoms with E-state index in [1.807, 2.05) is 0 Å². The van der Waals surface area contributed by atoms with Gasteiger partial charge in [-0.25, -0.2) is 13.8 Å². The molecule has 2 heterocycles. The molecule has 198 valence electrons. The number of rotatable bonds is 10. The molecule has 9 heteroatoms. The quantitative estimate of drug-likeness (QED) is 0.383. The summed E-state index contributed by atoms with van der Waals surface area (Å²) in [6.07, 6.45) is 6.20. The Morgan fingerprint density at radius 1 is 1.08 bits per heavy atom. The minimum atomic E-state index is -0.873. The van der Waals surface area contributed by atoms with E-state index in [4.69, 9.17) is 9.47 Å². The van der Waals surface area contributed by atoms with Crippen LogP contribution in [-0.4, -0.2) is 67.3 Å². The smallest absolute Gasteiger partial charge is 0.149 e. The lowest BCUT2D eigenvalue weighted by molar-refractivity contribution is -0.0543. The van der Waals surface area contributed by atoms with Gasteiger partial charge in [-0.15, -0.1) is 0 Å². The van der Waals surface area contributed by atoms with Gasteiger partial charge in [-0.05, 0) is 56.9 Å². The maximum atomic E-state index is 14.8. The predicted molar refractivity (Wildman–Crippen MR) is 137 cm³/mol. The fourth-order valence-electron chi connectivity index (χ4n) is 5.07. The first kappa shape index (κ1) is 26.7. The number of hydrogen-bond acceptors (Lipinski definition) is 7. The minimum Gasteiger partial charge on any atom is -0.388 e. The molecular weight excluding hydrogens is 466 g/mol. The lowest BCUT2D eigenvalue weighted by atomic mass is 9.90. The van der Waals surface area contributed by atoms with Gasteiger partial charge >= 0.3 is 0 Å². The predicted octanol–water partition coefficient (Wildman–Crippen LogP) is 4.33. The number of aliphatic hydroxyl groups is 1. The highest BCUT2D eigenvalue weighted by Crippen LogP contribution is 2.31. The normalized spacial score (nSPS) is 22.7. The highest BCUT2D eigenvalue weighted by Gasteiger charge is 2.29. The van der Waals surface area contributed by atoms with E-state index in [1.165, 1.54) is 6.07 Å². The molecule has 0 amide bonds. The molecule has 1 atom stereocenters. The molecule has 1 aromatic carbocycles. The van der Waals surface area contributed by atoms with Gasteiger partial charge in [-0.2, -0.15) is 0 Å². The Morgan fingerprint density at radius 2 is 1.78 bits per heavy atom. The first-order chi connectivity index (χ1) is 17.3. The first-order valence-electron chi connectivity index (χ1n) is 12.9. The molecule has 0 unspecified atom stereocenters. The molecule has 1 aliphatic heterocycles. The van der Waals surface area contributed by atoms with E-state index < -0.39 is 17.2 Å². The van der Waals surface area contributed by atoms with Gasteiger partial charge < -0.3 is 30.5 Å². The van der Waals surface area contributed by atoms with Crippen LogP contribution in [0.4, 0.5) is 20.3 Å². The van der Waals surface area contributed by atoms with Crippen LogP contribution >= 0.6 is 0 Å².